The molecule has 0 radical (unpaired) electrons. The molecule has 3 heteroatoms. The Balaban J connectivity index is 2.93. The van der Waals surface area contributed by atoms with Crippen LogP contribution in [0.5, 0.6) is 5.75 Å². The first kappa shape index (κ1) is 13.4. The summed E-state index contributed by atoms with van der Waals surface area (Å²) in [5.74, 6) is 2.05. The van der Waals surface area contributed by atoms with Crippen LogP contribution in [0.4, 0.5) is 0 Å². The molecule has 2 N–H and O–H groups in total. The molecular formula is C13H21NOS. The van der Waals surface area contributed by atoms with E-state index in [4.69, 9.17) is 10.5 Å². The lowest BCUT2D eigenvalue weighted by molar-refractivity contribution is 0.411. The number of hydrogen-bond donors (Lipinski definition) is 1. The van der Waals surface area contributed by atoms with E-state index in [-0.39, 0.29) is 6.04 Å². The van der Waals surface area contributed by atoms with Crippen LogP contribution in [0.1, 0.15) is 29.2 Å². The molecule has 0 bridgehead atoms. The Labute approximate surface area is 103 Å². The summed E-state index contributed by atoms with van der Waals surface area (Å²) >= 11 is 1.84. The van der Waals surface area contributed by atoms with Crippen molar-refractivity contribution in [2.45, 2.75) is 26.3 Å². The first-order chi connectivity index (χ1) is 7.61. The second kappa shape index (κ2) is 6.16. The fraction of sp³-hybridized carbons (Fsp3) is 0.538. The molecule has 90 valence electrons. The van der Waals surface area contributed by atoms with Gasteiger partial charge in [-0.25, -0.2) is 0 Å². The summed E-state index contributed by atoms with van der Waals surface area (Å²) < 4.78 is 5.30. The van der Waals surface area contributed by atoms with Gasteiger partial charge in [-0.1, -0.05) is 6.07 Å². The number of rotatable bonds is 5. The minimum Gasteiger partial charge on any atom is -0.496 e. The van der Waals surface area contributed by atoms with E-state index in [0.717, 1.165) is 17.9 Å². The van der Waals surface area contributed by atoms with Crippen LogP contribution in [0, 0.1) is 13.8 Å². The van der Waals surface area contributed by atoms with Gasteiger partial charge < -0.3 is 10.5 Å². The molecule has 1 unspecified atom stereocenters. The minimum absolute atomic E-state index is 0.136. The summed E-state index contributed by atoms with van der Waals surface area (Å²) in [5.41, 5.74) is 9.88. The highest BCUT2D eigenvalue weighted by atomic mass is 32.2. The van der Waals surface area contributed by atoms with E-state index < -0.39 is 0 Å². The second-order valence-corrected chi connectivity index (χ2v) is 4.98. The zero-order valence-electron chi connectivity index (χ0n) is 10.5. The van der Waals surface area contributed by atoms with Gasteiger partial charge in [0.1, 0.15) is 5.75 Å². The Morgan fingerprint density at radius 2 is 2.00 bits per heavy atom. The Kier molecular flexibility index (Phi) is 5.16. The Bertz CT molecular complexity index is 352. The summed E-state index contributed by atoms with van der Waals surface area (Å²) in [7, 11) is 1.70. The highest BCUT2D eigenvalue weighted by molar-refractivity contribution is 7.98. The van der Waals surface area contributed by atoms with E-state index in [2.05, 4.69) is 26.2 Å². The number of ether oxygens (including phenoxy) is 1. The van der Waals surface area contributed by atoms with Crippen molar-refractivity contribution >= 4 is 11.8 Å². The monoisotopic (exact) mass is 239 g/mol. The molecule has 0 aliphatic carbocycles. The number of methoxy groups -OCH3 is 1. The van der Waals surface area contributed by atoms with Crippen molar-refractivity contribution in [2.75, 3.05) is 19.1 Å². The van der Waals surface area contributed by atoms with Crippen molar-refractivity contribution in [3.8, 4) is 5.75 Å². The fourth-order valence-corrected chi connectivity index (χ4v) is 2.33. The van der Waals surface area contributed by atoms with Gasteiger partial charge in [-0.05, 0) is 55.0 Å². The summed E-state index contributed by atoms with van der Waals surface area (Å²) in [6.07, 6.45) is 3.13. The van der Waals surface area contributed by atoms with Crippen molar-refractivity contribution in [3.63, 3.8) is 0 Å². The van der Waals surface area contributed by atoms with Crippen LogP contribution in [0.3, 0.4) is 0 Å². The molecule has 2 nitrogen and oxygen atoms in total. The van der Waals surface area contributed by atoms with E-state index in [1.807, 2.05) is 17.8 Å². The summed E-state index contributed by atoms with van der Waals surface area (Å²) in [4.78, 5) is 0. The fourth-order valence-electron chi connectivity index (χ4n) is 1.84. The van der Waals surface area contributed by atoms with Gasteiger partial charge in [0.25, 0.3) is 0 Å². The van der Waals surface area contributed by atoms with Crippen LogP contribution in [-0.4, -0.2) is 19.1 Å². The highest BCUT2D eigenvalue weighted by Gasteiger charge is 2.12. The zero-order valence-corrected chi connectivity index (χ0v) is 11.4. The van der Waals surface area contributed by atoms with Crippen LogP contribution < -0.4 is 10.5 Å². The number of hydrogen-bond acceptors (Lipinski definition) is 3. The van der Waals surface area contributed by atoms with Crippen molar-refractivity contribution in [1.29, 1.82) is 0 Å². The normalized spacial score (nSPS) is 12.6. The summed E-state index contributed by atoms with van der Waals surface area (Å²) in [6, 6.07) is 4.24. The molecule has 0 aliphatic rings. The van der Waals surface area contributed by atoms with Gasteiger partial charge in [-0.2, -0.15) is 11.8 Å². The molecule has 0 saturated carbocycles. The standard InChI is InChI=1S/C13H21NOS/c1-9-10(2)13(15-3)6-5-11(9)12(14)7-8-16-4/h5-6,12H,7-8,14H2,1-4H3. The Morgan fingerprint density at radius 3 is 2.56 bits per heavy atom. The maximum Gasteiger partial charge on any atom is 0.122 e. The molecule has 0 amide bonds. The third-order valence-corrected chi connectivity index (χ3v) is 3.68. The maximum atomic E-state index is 6.19. The minimum atomic E-state index is 0.136. The van der Waals surface area contributed by atoms with Gasteiger partial charge >= 0.3 is 0 Å². The van der Waals surface area contributed by atoms with Gasteiger partial charge in [0.05, 0.1) is 7.11 Å². The van der Waals surface area contributed by atoms with Crippen LogP contribution in [0.15, 0.2) is 12.1 Å². The molecule has 16 heavy (non-hydrogen) atoms. The second-order valence-electron chi connectivity index (χ2n) is 4.00. The first-order valence-electron chi connectivity index (χ1n) is 5.50. The third kappa shape index (κ3) is 2.92. The molecule has 1 aromatic rings. The topological polar surface area (TPSA) is 35.2 Å². The molecule has 0 heterocycles. The molecule has 0 saturated heterocycles. The van der Waals surface area contributed by atoms with Gasteiger partial charge in [0, 0.05) is 6.04 Å². The van der Waals surface area contributed by atoms with Crippen molar-refractivity contribution < 1.29 is 4.74 Å². The van der Waals surface area contributed by atoms with Gasteiger partial charge in [-0.15, -0.1) is 0 Å². The zero-order chi connectivity index (χ0) is 12.1. The first-order valence-corrected chi connectivity index (χ1v) is 6.89. The number of nitrogens with two attached hydrogens (primary N) is 1. The van der Waals surface area contributed by atoms with Crippen LogP contribution >= 0.6 is 11.8 Å². The maximum absolute atomic E-state index is 6.19. The molecule has 0 aromatic heterocycles. The van der Waals surface area contributed by atoms with E-state index >= 15 is 0 Å². The Morgan fingerprint density at radius 1 is 1.31 bits per heavy atom. The smallest absolute Gasteiger partial charge is 0.122 e. The molecule has 0 aliphatic heterocycles. The van der Waals surface area contributed by atoms with Gasteiger partial charge in [-0.3, -0.25) is 0 Å². The largest absolute Gasteiger partial charge is 0.496 e. The Hall–Kier alpha value is -0.670. The van der Waals surface area contributed by atoms with E-state index in [1.54, 1.807) is 7.11 Å². The molecule has 1 rings (SSSR count). The third-order valence-electron chi connectivity index (χ3n) is 3.03. The quantitative estimate of drug-likeness (QED) is 0.857. The van der Waals surface area contributed by atoms with E-state index in [1.165, 1.54) is 16.7 Å². The van der Waals surface area contributed by atoms with E-state index in [9.17, 15) is 0 Å². The summed E-state index contributed by atoms with van der Waals surface area (Å²) in [5, 5.41) is 0. The van der Waals surface area contributed by atoms with Crippen molar-refractivity contribution in [1.82, 2.24) is 0 Å². The lowest BCUT2D eigenvalue weighted by Crippen LogP contribution is -2.13. The van der Waals surface area contributed by atoms with Crippen LogP contribution in [0.25, 0.3) is 0 Å². The highest BCUT2D eigenvalue weighted by Crippen LogP contribution is 2.28. The summed E-state index contributed by atoms with van der Waals surface area (Å²) in [6.45, 7) is 4.20. The lowest BCUT2D eigenvalue weighted by atomic mass is 9.96. The molecule has 1 atom stereocenters. The number of benzene rings is 1. The SMILES string of the molecule is COc1ccc(C(N)CCSC)c(C)c1C. The van der Waals surface area contributed by atoms with E-state index in [0.29, 0.717) is 0 Å². The van der Waals surface area contributed by atoms with Crippen LogP contribution in [-0.2, 0) is 0 Å². The number of thioether (sulfide) groups is 1. The van der Waals surface area contributed by atoms with Crippen molar-refractivity contribution in [3.05, 3.63) is 28.8 Å². The molecule has 0 spiro atoms. The molecular weight excluding hydrogens is 218 g/mol. The predicted octanol–water partition coefficient (Wildman–Crippen LogP) is 3.06. The average molecular weight is 239 g/mol. The van der Waals surface area contributed by atoms with Crippen LogP contribution in [0.2, 0.25) is 0 Å². The average Bonchev–Trinajstić information content (AvgIpc) is 2.29. The van der Waals surface area contributed by atoms with Gasteiger partial charge in [0.15, 0.2) is 0 Å². The molecule has 1 aromatic carbocycles. The molecule has 0 fully saturated rings. The van der Waals surface area contributed by atoms with Gasteiger partial charge in [0.2, 0.25) is 0 Å². The lowest BCUT2D eigenvalue weighted by Gasteiger charge is -2.17. The predicted molar refractivity (Wildman–Crippen MR) is 72.4 cm³/mol. The van der Waals surface area contributed by atoms with Crippen molar-refractivity contribution in [2.24, 2.45) is 5.73 Å².